The lowest BCUT2D eigenvalue weighted by Crippen LogP contribution is -2.30. The van der Waals surface area contributed by atoms with Crippen LogP contribution in [-0.4, -0.2) is 21.8 Å². The SMILES string of the molecule is O=C1N/C(=C/c2ccc(Oc3ccc([N+](=O)[O-])cc3[N+](=O)[O-])cc2)C(=O)N1c1ccc(Cl)cc1. The molecule has 0 saturated carbocycles. The Labute approximate surface area is 196 Å². The first-order valence-corrected chi connectivity index (χ1v) is 9.94. The highest BCUT2D eigenvalue weighted by Crippen LogP contribution is 2.34. The quantitative estimate of drug-likeness (QED) is 0.225. The zero-order chi connectivity index (χ0) is 24.4. The van der Waals surface area contributed by atoms with Crippen LogP contribution in [0.4, 0.5) is 21.9 Å². The van der Waals surface area contributed by atoms with Crippen molar-refractivity contribution in [3.63, 3.8) is 0 Å². The summed E-state index contributed by atoms with van der Waals surface area (Å²) in [6.07, 6.45) is 1.47. The second-order valence-electron chi connectivity index (χ2n) is 6.94. The number of rotatable bonds is 6. The summed E-state index contributed by atoms with van der Waals surface area (Å²) < 4.78 is 5.51. The van der Waals surface area contributed by atoms with E-state index in [-0.39, 0.29) is 17.2 Å². The lowest BCUT2D eigenvalue weighted by molar-refractivity contribution is -0.394. The highest BCUT2D eigenvalue weighted by molar-refractivity contribution is 6.31. The van der Waals surface area contributed by atoms with E-state index in [1.807, 2.05) is 0 Å². The molecule has 4 rings (SSSR count). The molecule has 1 fully saturated rings. The van der Waals surface area contributed by atoms with Gasteiger partial charge < -0.3 is 10.1 Å². The van der Waals surface area contributed by atoms with Crippen molar-refractivity contribution in [2.24, 2.45) is 0 Å². The number of nitrogens with one attached hydrogen (secondary N) is 1. The van der Waals surface area contributed by atoms with Crippen molar-refractivity contribution in [1.29, 1.82) is 0 Å². The summed E-state index contributed by atoms with van der Waals surface area (Å²) >= 11 is 5.85. The Balaban J connectivity index is 1.53. The number of nitro groups is 2. The van der Waals surface area contributed by atoms with Crippen LogP contribution in [0.15, 0.2) is 72.4 Å². The number of anilines is 1. The fourth-order valence-electron chi connectivity index (χ4n) is 3.13. The summed E-state index contributed by atoms with van der Waals surface area (Å²) in [6, 6.07) is 14.8. The average Bonchev–Trinajstić information content (AvgIpc) is 3.08. The van der Waals surface area contributed by atoms with E-state index >= 15 is 0 Å². The highest BCUT2D eigenvalue weighted by Gasteiger charge is 2.34. The number of nitrogens with zero attached hydrogens (tertiary/aromatic N) is 3. The van der Waals surface area contributed by atoms with Crippen molar-refractivity contribution in [1.82, 2.24) is 5.32 Å². The molecule has 0 bridgehead atoms. The molecule has 3 aromatic carbocycles. The third-order valence-electron chi connectivity index (χ3n) is 4.73. The molecule has 0 aliphatic carbocycles. The first kappa shape index (κ1) is 22.4. The Morgan fingerprint density at radius 2 is 1.59 bits per heavy atom. The molecule has 0 radical (unpaired) electrons. The number of carbonyl (C=O) groups is 2. The van der Waals surface area contributed by atoms with E-state index in [4.69, 9.17) is 16.3 Å². The maximum absolute atomic E-state index is 12.7. The summed E-state index contributed by atoms with van der Waals surface area (Å²) in [5.74, 6) is -0.489. The second-order valence-corrected chi connectivity index (χ2v) is 7.38. The van der Waals surface area contributed by atoms with Gasteiger partial charge in [-0.25, -0.2) is 9.69 Å². The highest BCUT2D eigenvalue weighted by atomic mass is 35.5. The first-order chi connectivity index (χ1) is 16.2. The van der Waals surface area contributed by atoms with Gasteiger partial charge in [-0.1, -0.05) is 23.7 Å². The molecular formula is C22H13ClN4O7. The molecule has 1 aliphatic rings. The van der Waals surface area contributed by atoms with Crippen molar-refractivity contribution in [2.45, 2.75) is 0 Å². The predicted octanol–water partition coefficient (Wildman–Crippen LogP) is 5.05. The standard InChI is InChI=1S/C22H13ClN4O7/c23-14-3-5-15(6-4-14)25-21(28)18(24-22(25)29)11-13-1-8-17(9-2-13)34-20-10-7-16(26(30)31)12-19(20)27(32)33/h1-12H,(H,24,29)/b18-11+. The lowest BCUT2D eigenvalue weighted by Gasteiger charge is -2.11. The van der Waals surface area contributed by atoms with Gasteiger partial charge in [0, 0.05) is 11.1 Å². The fraction of sp³-hybridized carbons (Fsp3) is 0. The van der Waals surface area contributed by atoms with Gasteiger partial charge in [0.1, 0.15) is 11.4 Å². The molecule has 0 aromatic heterocycles. The molecule has 11 nitrogen and oxygen atoms in total. The van der Waals surface area contributed by atoms with Gasteiger partial charge in [0.2, 0.25) is 5.75 Å². The maximum atomic E-state index is 12.7. The number of amides is 3. The van der Waals surface area contributed by atoms with Gasteiger partial charge in [0.15, 0.2) is 0 Å². The van der Waals surface area contributed by atoms with Crippen molar-refractivity contribution >= 4 is 46.7 Å². The molecule has 1 N–H and O–H groups in total. The van der Waals surface area contributed by atoms with Crippen molar-refractivity contribution in [3.8, 4) is 11.5 Å². The number of benzene rings is 3. The number of hydrogen-bond donors (Lipinski definition) is 1. The Bertz CT molecular complexity index is 1350. The van der Waals surface area contributed by atoms with Gasteiger partial charge in [-0.2, -0.15) is 0 Å². The molecule has 3 aromatic rings. The minimum Gasteiger partial charge on any atom is -0.450 e. The molecule has 3 amide bonds. The van der Waals surface area contributed by atoms with E-state index in [9.17, 15) is 29.8 Å². The molecule has 0 unspecified atom stereocenters. The third kappa shape index (κ3) is 4.54. The number of halogens is 1. The van der Waals surface area contributed by atoms with Crippen LogP contribution in [0.25, 0.3) is 6.08 Å². The molecule has 1 saturated heterocycles. The molecule has 0 atom stereocenters. The summed E-state index contributed by atoms with van der Waals surface area (Å²) in [4.78, 5) is 46.6. The Morgan fingerprint density at radius 1 is 0.912 bits per heavy atom. The smallest absolute Gasteiger partial charge is 0.333 e. The van der Waals surface area contributed by atoms with E-state index in [1.165, 1.54) is 18.2 Å². The van der Waals surface area contributed by atoms with Gasteiger partial charge in [-0.3, -0.25) is 25.0 Å². The normalized spacial score (nSPS) is 14.3. The molecule has 0 spiro atoms. The summed E-state index contributed by atoms with van der Waals surface area (Å²) in [5, 5.41) is 25.1. The number of ether oxygens (including phenoxy) is 1. The van der Waals surface area contributed by atoms with Crippen LogP contribution in [-0.2, 0) is 4.79 Å². The maximum Gasteiger partial charge on any atom is 0.333 e. The Morgan fingerprint density at radius 3 is 2.21 bits per heavy atom. The van der Waals surface area contributed by atoms with Crippen LogP contribution in [0.3, 0.4) is 0 Å². The topological polar surface area (TPSA) is 145 Å². The number of nitro benzene ring substituents is 2. The molecule has 12 heteroatoms. The van der Waals surface area contributed by atoms with Gasteiger partial charge in [-0.15, -0.1) is 0 Å². The summed E-state index contributed by atoms with van der Waals surface area (Å²) in [6.45, 7) is 0. The summed E-state index contributed by atoms with van der Waals surface area (Å²) in [5.41, 5.74) is -0.0191. The minimum atomic E-state index is -0.776. The number of non-ortho nitro benzene ring substituents is 1. The predicted molar refractivity (Wildman–Crippen MR) is 122 cm³/mol. The minimum absolute atomic E-state index is 0.0552. The van der Waals surface area contributed by atoms with Crippen molar-refractivity contribution in [3.05, 3.63) is 103 Å². The van der Waals surface area contributed by atoms with Crippen LogP contribution in [0.2, 0.25) is 5.02 Å². The lowest BCUT2D eigenvalue weighted by atomic mass is 10.2. The monoisotopic (exact) mass is 480 g/mol. The third-order valence-corrected chi connectivity index (χ3v) is 4.98. The molecular weight excluding hydrogens is 468 g/mol. The van der Waals surface area contributed by atoms with Crippen LogP contribution in [0.1, 0.15) is 5.56 Å². The van der Waals surface area contributed by atoms with E-state index in [0.29, 0.717) is 16.3 Å². The van der Waals surface area contributed by atoms with Crippen molar-refractivity contribution in [2.75, 3.05) is 4.90 Å². The average molecular weight is 481 g/mol. The van der Waals surface area contributed by atoms with Gasteiger partial charge in [0.05, 0.1) is 21.6 Å². The number of carbonyl (C=O) groups excluding carboxylic acids is 2. The van der Waals surface area contributed by atoms with E-state index in [2.05, 4.69) is 5.32 Å². The number of imide groups is 1. The second kappa shape index (κ2) is 9.00. The fourth-order valence-corrected chi connectivity index (χ4v) is 3.26. The van der Waals surface area contributed by atoms with Crippen molar-refractivity contribution < 1.29 is 24.2 Å². The molecule has 170 valence electrons. The van der Waals surface area contributed by atoms with Gasteiger partial charge in [-0.05, 0) is 54.1 Å². The van der Waals surface area contributed by atoms with E-state index in [0.717, 1.165) is 23.1 Å². The zero-order valence-electron chi connectivity index (χ0n) is 17.0. The largest absolute Gasteiger partial charge is 0.450 e. The van der Waals surface area contributed by atoms with E-state index in [1.54, 1.807) is 36.4 Å². The molecule has 1 heterocycles. The van der Waals surface area contributed by atoms with Crippen LogP contribution in [0.5, 0.6) is 11.5 Å². The summed E-state index contributed by atoms with van der Waals surface area (Å²) in [7, 11) is 0. The van der Waals surface area contributed by atoms with Gasteiger partial charge in [0.25, 0.3) is 11.6 Å². The van der Waals surface area contributed by atoms with Crippen LogP contribution >= 0.6 is 11.6 Å². The Hall–Kier alpha value is -4.77. The first-order valence-electron chi connectivity index (χ1n) is 9.56. The van der Waals surface area contributed by atoms with E-state index < -0.39 is 33.2 Å². The zero-order valence-corrected chi connectivity index (χ0v) is 17.8. The Kier molecular flexibility index (Phi) is 5.94. The van der Waals surface area contributed by atoms with Gasteiger partial charge >= 0.3 is 11.7 Å². The van der Waals surface area contributed by atoms with Crippen LogP contribution < -0.4 is 15.0 Å². The number of hydrogen-bond acceptors (Lipinski definition) is 7. The van der Waals surface area contributed by atoms with Crippen LogP contribution in [0, 0.1) is 20.2 Å². The number of urea groups is 1. The molecule has 34 heavy (non-hydrogen) atoms. The molecule has 1 aliphatic heterocycles.